The van der Waals surface area contributed by atoms with Crippen LogP contribution in [0, 0.1) is 17.4 Å². The van der Waals surface area contributed by atoms with Crippen molar-refractivity contribution >= 4 is 8.07 Å². The predicted octanol–water partition coefficient (Wildman–Crippen LogP) is 2.45. The Labute approximate surface area is 79.0 Å². The first-order chi connectivity index (χ1) is 5.97. The van der Waals surface area contributed by atoms with Crippen molar-refractivity contribution in [1.82, 2.24) is 4.98 Å². The topological polar surface area (TPSA) is 12.9 Å². The molecule has 0 saturated heterocycles. The average molecular weight is 193 g/mol. The highest BCUT2D eigenvalue weighted by Gasteiger charge is 2.07. The molecule has 0 fully saturated rings. The summed E-state index contributed by atoms with van der Waals surface area (Å²) in [6, 6.07) is 2.98. The van der Waals surface area contributed by atoms with E-state index in [-0.39, 0.29) is 0 Å². The number of pyridine rings is 1. The summed E-state index contributed by atoms with van der Waals surface area (Å²) in [7, 11) is -1.34. The van der Waals surface area contributed by atoms with Gasteiger partial charge in [0.2, 0.25) is 5.95 Å². The Bertz CT molecular complexity index is 340. The molecule has 3 heteroatoms. The SMILES string of the molecule is C[Si](C)(C)C#Cc1ccc(F)nc1. The smallest absolute Gasteiger partial charge is 0.212 e. The van der Waals surface area contributed by atoms with E-state index in [1.54, 1.807) is 6.07 Å². The second-order valence-corrected chi connectivity index (χ2v) is 8.62. The van der Waals surface area contributed by atoms with E-state index in [4.69, 9.17) is 0 Å². The first-order valence-electron chi connectivity index (χ1n) is 4.12. The Hall–Kier alpha value is -1.14. The quantitative estimate of drug-likeness (QED) is 0.350. The van der Waals surface area contributed by atoms with Crippen molar-refractivity contribution in [1.29, 1.82) is 0 Å². The summed E-state index contributed by atoms with van der Waals surface area (Å²) in [6.45, 7) is 6.49. The third-order valence-corrected chi connectivity index (χ3v) is 2.18. The van der Waals surface area contributed by atoms with Crippen LogP contribution in [0.3, 0.4) is 0 Å². The van der Waals surface area contributed by atoms with Gasteiger partial charge in [-0.1, -0.05) is 25.6 Å². The van der Waals surface area contributed by atoms with Crippen molar-refractivity contribution < 1.29 is 4.39 Å². The predicted molar refractivity (Wildman–Crippen MR) is 54.4 cm³/mol. The van der Waals surface area contributed by atoms with E-state index >= 15 is 0 Å². The van der Waals surface area contributed by atoms with Gasteiger partial charge < -0.3 is 0 Å². The maximum Gasteiger partial charge on any atom is 0.212 e. The molecule has 0 bridgehead atoms. The summed E-state index contributed by atoms with van der Waals surface area (Å²) in [5.74, 6) is 2.53. The van der Waals surface area contributed by atoms with Gasteiger partial charge in [-0.25, -0.2) is 4.98 Å². The Kier molecular flexibility index (Phi) is 2.84. The third-order valence-electron chi connectivity index (χ3n) is 1.31. The van der Waals surface area contributed by atoms with Crippen LogP contribution < -0.4 is 0 Å². The minimum absolute atomic E-state index is 0.460. The van der Waals surface area contributed by atoms with E-state index in [0.29, 0.717) is 0 Å². The second kappa shape index (κ2) is 3.71. The molecule has 0 aliphatic rings. The molecule has 0 saturated carbocycles. The number of aromatic nitrogens is 1. The Morgan fingerprint density at radius 1 is 1.31 bits per heavy atom. The van der Waals surface area contributed by atoms with Crippen LogP contribution in [0.15, 0.2) is 18.3 Å². The number of hydrogen-bond acceptors (Lipinski definition) is 1. The molecule has 0 spiro atoms. The zero-order valence-corrected chi connectivity index (χ0v) is 9.06. The largest absolute Gasteiger partial charge is 0.227 e. The van der Waals surface area contributed by atoms with Gasteiger partial charge in [0.25, 0.3) is 0 Å². The summed E-state index contributed by atoms with van der Waals surface area (Å²) in [4.78, 5) is 3.53. The molecule has 0 amide bonds. The van der Waals surface area contributed by atoms with Crippen LogP contribution in [0.2, 0.25) is 19.6 Å². The van der Waals surface area contributed by atoms with E-state index in [1.807, 2.05) is 0 Å². The van der Waals surface area contributed by atoms with Crippen LogP contribution in [0.25, 0.3) is 0 Å². The first-order valence-corrected chi connectivity index (χ1v) is 7.62. The van der Waals surface area contributed by atoms with Gasteiger partial charge in [-0.15, -0.1) is 5.54 Å². The summed E-state index contributed by atoms with van der Waals surface area (Å²) >= 11 is 0. The van der Waals surface area contributed by atoms with Crippen molar-refractivity contribution in [3.8, 4) is 11.5 Å². The van der Waals surface area contributed by atoms with Crippen LogP contribution in [0.4, 0.5) is 4.39 Å². The average Bonchev–Trinajstić information content (AvgIpc) is 2.02. The summed E-state index contributed by atoms with van der Waals surface area (Å²) in [5, 5.41) is 0. The number of nitrogens with zero attached hydrogens (tertiary/aromatic N) is 1. The summed E-state index contributed by atoms with van der Waals surface area (Å²) in [5.41, 5.74) is 3.97. The molecular formula is C10H12FNSi. The van der Waals surface area contributed by atoms with E-state index < -0.39 is 14.0 Å². The lowest BCUT2D eigenvalue weighted by Gasteiger charge is -2.02. The van der Waals surface area contributed by atoms with Gasteiger partial charge in [-0.3, -0.25) is 0 Å². The minimum atomic E-state index is -1.34. The van der Waals surface area contributed by atoms with Gasteiger partial charge in [-0.05, 0) is 12.1 Å². The van der Waals surface area contributed by atoms with Crippen molar-refractivity contribution in [3.05, 3.63) is 29.8 Å². The van der Waals surface area contributed by atoms with Crippen LogP contribution in [0.5, 0.6) is 0 Å². The zero-order chi connectivity index (χ0) is 9.90. The lowest BCUT2D eigenvalue weighted by molar-refractivity contribution is 0.583. The molecule has 0 radical (unpaired) electrons. The molecule has 1 heterocycles. The molecule has 0 aliphatic heterocycles. The molecule has 1 aromatic rings. The Morgan fingerprint density at radius 3 is 2.46 bits per heavy atom. The second-order valence-electron chi connectivity index (χ2n) is 3.87. The maximum absolute atomic E-state index is 12.4. The van der Waals surface area contributed by atoms with E-state index in [2.05, 4.69) is 36.1 Å². The summed E-state index contributed by atoms with van der Waals surface area (Å²) < 4.78 is 12.4. The van der Waals surface area contributed by atoms with Gasteiger partial charge in [0.1, 0.15) is 8.07 Å². The van der Waals surface area contributed by atoms with Crippen LogP contribution in [0.1, 0.15) is 5.56 Å². The van der Waals surface area contributed by atoms with Crippen LogP contribution in [-0.2, 0) is 0 Å². The fourth-order valence-electron chi connectivity index (χ4n) is 0.709. The zero-order valence-electron chi connectivity index (χ0n) is 8.06. The first kappa shape index (κ1) is 9.94. The van der Waals surface area contributed by atoms with E-state index in [9.17, 15) is 4.39 Å². The highest BCUT2D eigenvalue weighted by atomic mass is 28.3. The van der Waals surface area contributed by atoms with Crippen molar-refractivity contribution in [2.45, 2.75) is 19.6 Å². The van der Waals surface area contributed by atoms with Crippen molar-refractivity contribution in [2.24, 2.45) is 0 Å². The van der Waals surface area contributed by atoms with Gasteiger partial charge in [0.05, 0.1) is 0 Å². The molecule has 68 valence electrons. The number of hydrogen-bond donors (Lipinski definition) is 0. The molecule has 1 aromatic heterocycles. The molecule has 0 aromatic carbocycles. The van der Waals surface area contributed by atoms with Crippen molar-refractivity contribution in [3.63, 3.8) is 0 Å². The highest BCUT2D eigenvalue weighted by molar-refractivity contribution is 6.83. The molecule has 1 nitrogen and oxygen atoms in total. The lowest BCUT2D eigenvalue weighted by atomic mass is 10.3. The van der Waals surface area contributed by atoms with Gasteiger partial charge in [0.15, 0.2) is 0 Å². The van der Waals surface area contributed by atoms with E-state index in [0.717, 1.165) is 5.56 Å². The van der Waals surface area contributed by atoms with Crippen molar-refractivity contribution in [2.75, 3.05) is 0 Å². The fraction of sp³-hybridized carbons (Fsp3) is 0.300. The molecule has 0 atom stereocenters. The fourth-order valence-corrected chi connectivity index (χ4v) is 1.23. The van der Waals surface area contributed by atoms with Gasteiger partial charge in [0, 0.05) is 11.8 Å². The summed E-state index contributed by atoms with van der Waals surface area (Å²) in [6.07, 6.45) is 1.46. The molecule has 0 N–H and O–H groups in total. The molecular weight excluding hydrogens is 181 g/mol. The van der Waals surface area contributed by atoms with E-state index in [1.165, 1.54) is 12.3 Å². The minimum Gasteiger partial charge on any atom is -0.227 e. The number of halogens is 1. The molecule has 0 unspecified atom stereocenters. The van der Waals surface area contributed by atoms with Crippen LogP contribution in [-0.4, -0.2) is 13.1 Å². The molecule has 0 aliphatic carbocycles. The normalized spacial score (nSPS) is 10.5. The molecule has 1 rings (SSSR count). The monoisotopic (exact) mass is 193 g/mol. The Balaban J connectivity index is 2.85. The lowest BCUT2D eigenvalue weighted by Crippen LogP contribution is -2.16. The molecule has 13 heavy (non-hydrogen) atoms. The maximum atomic E-state index is 12.4. The van der Waals surface area contributed by atoms with Gasteiger partial charge in [-0.2, -0.15) is 4.39 Å². The van der Waals surface area contributed by atoms with Crippen LogP contribution >= 0.6 is 0 Å². The Morgan fingerprint density at radius 2 is 2.00 bits per heavy atom. The van der Waals surface area contributed by atoms with Gasteiger partial charge >= 0.3 is 0 Å². The highest BCUT2D eigenvalue weighted by Crippen LogP contribution is 2.00. The third kappa shape index (κ3) is 3.86. The number of rotatable bonds is 0. The standard InChI is InChI=1S/C10H12FNSi/c1-13(2,3)7-6-9-4-5-10(11)12-8-9/h4-5,8H,1-3H3.